The highest BCUT2D eigenvalue weighted by molar-refractivity contribution is 9.10. The quantitative estimate of drug-likeness (QED) is 0.373. The van der Waals surface area contributed by atoms with Gasteiger partial charge in [-0.25, -0.2) is 12.8 Å². The molecule has 3 aromatic carbocycles. The van der Waals surface area contributed by atoms with Gasteiger partial charge >= 0.3 is 0 Å². The Bertz CT molecular complexity index is 1350. The molecule has 0 aromatic heterocycles. The molecule has 0 aliphatic heterocycles. The highest BCUT2D eigenvalue weighted by atomic mass is 79.9. The smallest absolute Gasteiger partial charge is 0.264 e. The van der Waals surface area contributed by atoms with Gasteiger partial charge in [0, 0.05) is 17.6 Å². The lowest BCUT2D eigenvalue weighted by Gasteiger charge is -2.32. The Morgan fingerprint density at radius 2 is 1.68 bits per heavy atom. The molecule has 0 aliphatic rings. The molecule has 0 unspecified atom stereocenters. The summed E-state index contributed by atoms with van der Waals surface area (Å²) in [4.78, 5) is 27.7. The van der Waals surface area contributed by atoms with Gasteiger partial charge in [0.25, 0.3) is 10.0 Å². The number of sulfonamides is 1. The number of hydrogen-bond donors (Lipinski definition) is 1. The van der Waals surface area contributed by atoms with Crippen LogP contribution in [-0.4, -0.2) is 44.3 Å². The molecule has 1 atom stereocenters. The van der Waals surface area contributed by atoms with Crippen molar-refractivity contribution in [2.45, 2.75) is 38.3 Å². The zero-order valence-electron chi connectivity index (χ0n) is 20.8. The van der Waals surface area contributed by atoms with E-state index < -0.39 is 34.3 Å². The Morgan fingerprint density at radius 3 is 2.27 bits per heavy atom. The molecule has 1 N–H and O–H groups in total. The largest absolute Gasteiger partial charge is 0.355 e. The highest BCUT2D eigenvalue weighted by Crippen LogP contribution is 2.27. The van der Waals surface area contributed by atoms with Gasteiger partial charge in [-0.1, -0.05) is 51.8 Å². The fourth-order valence-corrected chi connectivity index (χ4v) is 5.48. The Hall–Kier alpha value is -3.24. The van der Waals surface area contributed by atoms with Crippen molar-refractivity contribution < 1.29 is 22.4 Å². The number of carbonyl (C=O) groups excluding carboxylic acids is 2. The van der Waals surface area contributed by atoms with Crippen molar-refractivity contribution >= 4 is 43.5 Å². The SMILES string of the molecule is CCNC(=O)[C@@H](C)N(Cc1ccc(F)cc1)C(=O)CN(c1cccc(Br)c1)S(=O)(=O)c1ccc(C)cc1. The third-order valence-corrected chi connectivity index (χ3v) is 8.05. The summed E-state index contributed by atoms with van der Waals surface area (Å²) in [6, 6.07) is 17.7. The van der Waals surface area contributed by atoms with Gasteiger partial charge in [0.15, 0.2) is 0 Å². The zero-order valence-corrected chi connectivity index (χ0v) is 23.2. The standard InChI is InChI=1S/C27H29BrFN3O4S/c1-4-30-27(34)20(3)31(17-21-10-12-23(29)13-11-21)26(33)18-32(24-7-5-6-22(28)16-24)37(35,36)25-14-8-19(2)9-15-25/h5-16,20H,4,17-18H2,1-3H3,(H,30,34)/t20-/m1/s1. The van der Waals surface area contributed by atoms with Crippen LogP contribution in [-0.2, 0) is 26.2 Å². The molecule has 0 saturated heterocycles. The fraction of sp³-hybridized carbons (Fsp3) is 0.259. The number of benzene rings is 3. The average molecular weight is 591 g/mol. The number of nitrogens with zero attached hydrogens (tertiary/aromatic N) is 2. The van der Waals surface area contributed by atoms with Crippen LogP contribution in [0.4, 0.5) is 10.1 Å². The number of anilines is 1. The van der Waals surface area contributed by atoms with E-state index in [2.05, 4.69) is 21.2 Å². The van der Waals surface area contributed by atoms with Crippen molar-refractivity contribution in [1.82, 2.24) is 10.2 Å². The summed E-state index contributed by atoms with van der Waals surface area (Å²) in [7, 11) is -4.14. The van der Waals surface area contributed by atoms with Crippen LogP contribution in [0.3, 0.4) is 0 Å². The first-order chi connectivity index (χ1) is 17.5. The minimum absolute atomic E-state index is 0.00564. The molecule has 0 radical (unpaired) electrons. The Kier molecular flexibility index (Phi) is 9.45. The van der Waals surface area contributed by atoms with Crippen LogP contribution < -0.4 is 9.62 Å². The first kappa shape index (κ1) is 28.3. The van der Waals surface area contributed by atoms with Gasteiger partial charge in [0.2, 0.25) is 11.8 Å². The van der Waals surface area contributed by atoms with E-state index in [4.69, 9.17) is 0 Å². The Labute approximate surface area is 225 Å². The highest BCUT2D eigenvalue weighted by Gasteiger charge is 2.32. The number of hydrogen-bond acceptors (Lipinski definition) is 4. The summed E-state index contributed by atoms with van der Waals surface area (Å²) in [5.74, 6) is -1.39. The normalized spacial score (nSPS) is 12.0. The maximum atomic E-state index is 13.7. The van der Waals surface area contributed by atoms with Crippen LogP contribution >= 0.6 is 15.9 Å². The lowest BCUT2D eigenvalue weighted by atomic mass is 10.1. The number of carbonyl (C=O) groups is 2. The molecule has 10 heteroatoms. The zero-order chi connectivity index (χ0) is 27.2. The number of amides is 2. The average Bonchev–Trinajstić information content (AvgIpc) is 2.86. The monoisotopic (exact) mass is 589 g/mol. The predicted octanol–water partition coefficient (Wildman–Crippen LogP) is 4.65. The van der Waals surface area contributed by atoms with Gasteiger partial charge in [-0.05, 0) is 68.8 Å². The molecule has 0 saturated carbocycles. The summed E-state index contributed by atoms with van der Waals surface area (Å²) < 4.78 is 42.6. The van der Waals surface area contributed by atoms with E-state index in [9.17, 15) is 22.4 Å². The van der Waals surface area contributed by atoms with Crippen molar-refractivity contribution in [3.05, 3.63) is 94.2 Å². The number of aryl methyl sites for hydroxylation is 1. The van der Waals surface area contributed by atoms with Crippen LogP contribution in [0.25, 0.3) is 0 Å². The van der Waals surface area contributed by atoms with Crippen molar-refractivity contribution in [1.29, 1.82) is 0 Å². The first-order valence-electron chi connectivity index (χ1n) is 11.7. The van der Waals surface area contributed by atoms with Crippen LogP contribution in [0, 0.1) is 12.7 Å². The molecule has 0 spiro atoms. The van der Waals surface area contributed by atoms with Gasteiger partial charge in [0.05, 0.1) is 10.6 Å². The van der Waals surface area contributed by atoms with Crippen LogP contribution in [0.2, 0.25) is 0 Å². The fourth-order valence-electron chi connectivity index (χ4n) is 3.69. The summed E-state index contributed by atoms with van der Waals surface area (Å²) in [5.41, 5.74) is 1.78. The van der Waals surface area contributed by atoms with E-state index in [1.54, 1.807) is 50.2 Å². The molecule has 0 bridgehead atoms. The maximum Gasteiger partial charge on any atom is 0.264 e. The van der Waals surface area contributed by atoms with Gasteiger partial charge in [-0.2, -0.15) is 0 Å². The molecule has 3 rings (SSSR count). The molecule has 37 heavy (non-hydrogen) atoms. The molecule has 0 fully saturated rings. The van der Waals surface area contributed by atoms with Gasteiger partial charge in [-0.3, -0.25) is 13.9 Å². The molecular formula is C27H29BrFN3O4S. The van der Waals surface area contributed by atoms with E-state index >= 15 is 0 Å². The van der Waals surface area contributed by atoms with E-state index in [-0.39, 0.29) is 23.0 Å². The lowest BCUT2D eigenvalue weighted by Crippen LogP contribution is -2.51. The topological polar surface area (TPSA) is 86.8 Å². The van der Waals surface area contributed by atoms with Crippen LogP contribution in [0.1, 0.15) is 25.0 Å². The minimum Gasteiger partial charge on any atom is -0.355 e. The number of halogens is 2. The van der Waals surface area contributed by atoms with E-state index in [0.29, 0.717) is 16.6 Å². The van der Waals surface area contributed by atoms with Crippen molar-refractivity contribution in [3.63, 3.8) is 0 Å². The van der Waals surface area contributed by atoms with Crippen LogP contribution in [0.5, 0.6) is 0 Å². The summed E-state index contributed by atoms with van der Waals surface area (Å²) in [6.07, 6.45) is 0. The van der Waals surface area contributed by atoms with E-state index in [1.165, 1.54) is 41.3 Å². The first-order valence-corrected chi connectivity index (χ1v) is 13.9. The third-order valence-electron chi connectivity index (χ3n) is 5.77. The number of rotatable bonds is 10. The second kappa shape index (κ2) is 12.3. The molecule has 7 nitrogen and oxygen atoms in total. The molecule has 0 aliphatic carbocycles. The summed E-state index contributed by atoms with van der Waals surface area (Å²) in [6.45, 7) is 5.01. The lowest BCUT2D eigenvalue weighted by molar-refractivity contribution is -0.139. The second-order valence-corrected chi connectivity index (χ2v) is 11.3. The summed E-state index contributed by atoms with van der Waals surface area (Å²) >= 11 is 3.37. The second-order valence-electron chi connectivity index (χ2n) is 8.52. The van der Waals surface area contributed by atoms with Gasteiger partial charge < -0.3 is 10.2 Å². The molecule has 0 heterocycles. The molecule has 196 valence electrons. The van der Waals surface area contributed by atoms with Crippen molar-refractivity contribution in [2.24, 2.45) is 0 Å². The van der Waals surface area contributed by atoms with Gasteiger partial charge in [-0.15, -0.1) is 0 Å². The number of likely N-dealkylation sites (N-methyl/N-ethyl adjacent to an activating group) is 1. The molecular weight excluding hydrogens is 561 g/mol. The number of nitrogens with one attached hydrogen (secondary N) is 1. The Morgan fingerprint density at radius 1 is 1.03 bits per heavy atom. The maximum absolute atomic E-state index is 13.7. The molecule has 3 aromatic rings. The van der Waals surface area contributed by atoms with Crippen molar-refractivity contribution in [2.75, 3.05) is 17.4 Å². The minimum atomic E-state index is -4.14. The van der Waals surface area contributed by atoms with Crippen LogP contribution in [0.15, 0.2) is 82.2 Å². The Balaban J connectivity index is 2.02. The van der Waals surface area contributed by atoms with Gasteiger partial charge in [0.1, 0.15) is 18.4 Å². The predicted molar refractivity (Wildman–Crippen MR) is 145 cm³/mol. The third kappa shape index (κ3) is 7.17. The molecule has 2 amide bonds. The van der Waals surface area contributed by atoms with Crippen molar-refractivity contribution in [3.8, 4) is 0 Å². The van der Waals surface area contributed by atoms with E-state index in [1.807, 2.05) is 6.92 Å². The summed E-state index contributed by atoms with van der Waals surface area (Å²) in [5, 5.41) is 2.70. The van der Waals surface area contributed by atoms with E-state index in [0.717, 1.165) is 9.87 Å².